The summed E-state index contributed by atoms with van der Waals surface area (Å²) in [5, 5.41) is 0. The molecule has 0 aromatic carbocycles. The monoisotopic (exact) mass is 262 g/mol. The predicted octanol–water partition coefficient (Wildman–Crippen LogP) is 2.20. The first-order valence-corrected chi connectivity index (χ1v) is 4.52. The van der Waals surface area contributed by atoms with Crippen molar-refractivity contribution in [2.75, 3.05) is 0 Å². The molecular formula is C8H11IN2. The number of hydrogen-bond donors (Lipinski definition) is 2. The molecule has 60 valence electrons. The standard InChI is InChI=1S/C8H11IN2/c1-2-3-7(10)8-4-6(9)5-11-8/h2,4-5,7,11H,1,3,10H2. The van der Waals surface area contributed by atoms with Gasteiger partial charge in [-0.05, 0) is 35.1 Å². The van der Waals surface area contributed by atoms with E-state index >= 15 is 0 Å². The molecule has 0 amide bonds. The number of aromatic nitrogens is 1. The Morgan fingerprint density at radius 1 is 1.82 bits per heavy atom. The van der Waals surface area contributed by atoms with E-state index in [0.717, 1.165) is 12.1 Å². The molecule has 1 aromatic rings. The lowest BCUT2D eigenvalue weighted by Gasteiger charge is -2.04. The van der Waals surface area contributed by atoms with Gasteiger partial charge in [-0.3, -0.25) is 0 Å². The molecule has 3 heteroatoms. The van der Waals surface area contributed by atoms with Gasteiger partial charge in [-0.15, -0.1) is 6.58 Å². The zero-order valence-electron chi connectivity index (χ0n) is 6.18. The van der Waals surface area contributed by atoms with Crippen LogP contribution < -0.4 is 5.73 Å². The fourth-order valence-electron chi connectivity index (χ4n) is 0.905. The number of halogens is 1. The minimum absolute atomic E-state index is 0.0658. The Balaban J connectivity index is 2.67. The number of nitrogens with two attached hydrogens (primary N) is 1. The summed E-state index contributed by atoms with van der Waals surface area (Å²) >= 11 is 2.25. The molecule has 0 aliphatic rings. The van der Waals surface area contributed by atoms with Crippen LogP contribution in [-0.4, -0.2) is 4.98 Å². The van der Waals surface area contributed by atoms with E-state index in [1.165, 1.54) is 3.57 Å². The average Bonchev–Trinajstić information content (AvgIpc) is 2.36. The Morgan fingerprint density at radius 2 is 2.55 bits per heavy atom. The lowest BCUT2D eigenvalue weighted by Crippen LogP contribution is -2.08. The number of nitrogens with one attached hydrogen (secondary N) is 1. The van der Waals surface area contributed by atoms with E-state index in [1.54, 1.807) is 0 Å². The highest BCUT2D eigenvalue weighted by molar-refractivity contribution is 14.1. The largest absolute Gasteiger partial charge is 0.363 e. The number of rotatable bonds is 3. The van der Waals surface area contributed by atoms with Crippen LogP contribution in [-0.2, 0) is 0 Å². The fraction of sp³-hybridized carbons (Fsp3) is 0.250. The fourth-order valence-corrected chi connectivity index (χ4v) is 1.40. The zero-order chi connectivity index (χ0) is 8.27. The summed E-state index contributed by atoms with van der Waals surface area (Å²) in [6.45, 7) is 3.64. The van der Waals surface area contributed by atoms with E-state index in [0.29, 0.717) is 0 Å². The Hall–Kier alpha value is -0.290. The topological polar surface area (TPSA) is 41.8 Å². The van der Waals surface area contributed by atoms with Crippen molar-refractivity contribution < 1.29 is 0 Å². The molecule has 1 heterocycles. The molecule has 1 rings (SSSR count). The third kappa shape index (κ3) is 2.34. The maximum absolute atomic E-state index is 5.81. The van der Waals surface area contributed by atoms with Crippen LogP contribution in [0.2, 0.25) is 0 Å². The summed E-state index contributed by atoms with van der Waals surface area (Å²) in [4.78, 5) is 3.11. The number of H-pyrrole nitrogens is 1. The second-order valence-electron chi connectivity index (χ2n) is 2.40. The highest BCUT2D eigenvalue weighted by atomic mass is 127. The zero-order valence-corrected chi connectivity index (χ0v) is 8.34. The van der Waals surface area contributed by atoms with Crippen molar-refractivity contribution in [2.24, 2.45) is 5.73 Å². The van der Waals surface area contributed by atoms with Crippen molar-refractivity contribution >= 4 is 22.6 Å². The molecule has 0 aliphatic heterocycles. The second-order valence-corrected chi connectivity index (χ2v) is 3.65. The molecule has 11 heavy (non-hydrogen) atoms. The predicted molar refractivity (Wildman–Crippen MR) is 55.3 cm³/mol. The molecule has 1 unspecified atom stereocenters. The van der Waals surface area contributed by atoms with E-state index in [4.69, 9.17) is 5.73 Å². The summed E-state index contributed by atoms with van der Waals surface area (Å²) in [7, 11) is 0. The van der Waals surface area contributed by atoms with Gasteiger partial charge in [0.1, 0.15) is 0 Å². The minimum Gasteiger partial charge on any atom is -0.363 e. The second kappa shape index (κ2) is 3.92. The van der Waals surface area contributed by atoms with E-state index in [2.05, 4.69) is 40.2 Å². The summed E-state index contributed by atoms with van der Waals surface area (Å²) in [5.74, 6) is 0. The molecule has 2 nitrogen and oxygen atoms in total. The SMILES string of the molecule is C=CCC(N)c1cc(I)c[nH]1. The van der Waals surface area contributed by atoms with Gasteiger partial charge >= 0.3 is 0 Å². The van der Waals surface area contributed by atoms with Crippen molar-refractivity contribution in [1.82, 2.24) is 4.98 Å². The maximum Gasteiger partial charge on any atom is 0.0482 e. The minimum atomic E-state index is 0.0658. The first-order chi connectivity index (χ1) is 5.24. The molecule has 0 bridgehead atoms. The van der Waals surface area contributed by atoms with Gasteiger partial charge in [0.25, 0.3) is 0 Å². The van der Waals surface area contributed by atoms with E-state index in [1.807, 2.05) is 12.3 Å². The van der Waals surface area contributed by atoms with Gasteiger partial charge in [0, 0.05) is 21.5 Å². The highest BCUT2D eigenvalue weighted by Gasteiger charge is 2.04. The van der Waals surface area contributed by atoms with Crippen LogP contribution in [0.15, 0.2) is 24.9 Å². The average molecular weight is 262 g/mol. The summed E-state index contributed by atoms with van der Waals surface area (Å²) in [5.41, 5.74) is 6.89. The van der Waals surface area contributed by atoms with Gasteiger partial charge in [-0.2, -0.15) is 0 Å². The maximum atomic E-state index is 5.81. The van der Waals surface area contributed by atoms with Crippen LogP contribution in [0.4, 0.5) is 0 Å². The molecule has 3 N–H and O–H groups in total. The Morgan fingerprint density at radius 3 is 3.00 bits per heavy atom. The van der Waals surface area contributed by atoms with Crippen LogP contribution in [0.5, 0.6) is 0 Å². The van der Waals surface area contributed by atoms with Gasteiger partial charge < -0.3 is 10.7 Å². The van der Waals surface area contributed by atoms with Gasteiger partial charge in [0.15, 0.2) is 0 Å². The van der Waals surface area contributed by atoms with Crippen LogP contribution in [0.3, 0.4) is 0 Å². The van der Waals surface area contributed by atoms with Gasteiger partial charge in [0.2, 0.25) is 0 Å². The molecule has 1 aromatic heterocycles. The molecule has 0 saturated heterocycles. The van der Waals surface area contributed by atoms with Crippen LogP contribution >= 0.6 is 22.6 Å². The Labute approximate surface area is 80.0 Å². The summed E-state index contributed by atoms with van der Waals surface area (Å²) in [6.07, 6.45) is 4.59. The molecule has 0 radical (unpaired) electrons. The van der Waals surface area contributed by atoms with E-state index in [9.17, 15) is 0 Å². The van der Waals surface area contributed by atoms with E-state index in [-0.39, 0.29) is 6.04 Å². The third-order valence-corrected chi connectivity index (χ3v) is 2.11. The summed E-state index contributed by atoms with van der Waals surface area (Å²) in [6, 6.07) is 2.12. The van der Waals surface area contributed by atoms with Gasteiger partial charge in [-0.25, -0.2) is 0 Å². The first kappa shape index (κ1) is 8.80. The van der Waals surface area contributed by atoms with Crippen LogP contribution in [0.1, 0.15) is 18.2 Å². The van der Waals surface area contributed by atoms with Crippen molar-refractivity contribution in [1.29, 1.82) is 0 Å². The quantitative estimate of drug-likeness (QED) is 0.636. The van der Waals surface area contributed by atoms with E-state index < -0.39 is 0 Å². The molecular weight excluding hydrogens is 251 g/mol. The number of aromatic amines is 1. The lowest BCUT2D eigenvalue weighted by atomic mass is 10.1. The van der Waals surface area contributed by atoms with Crippen molar-refractivity contribution in [3.63, 3.8) is 0 Å². The normalized spacial score (nSPS) is 12.9. The van der Waals surface area contributed by atoms with Crippen molar-refractivity contribution in [3.05, 3.63) is 34.2 Å². The first-order valence-electron chi connectivity index (χ1n) is 3.44. The van der Waals surface area contributed by atoms with Crippen molar-refractivity contribution in [2.45, 2.75) is 12.5 Å². The summed E-state index contributed by atoms with van der Waals surface area (Å²) < 4.78 is 1.19. The Bertz CT molecular complexity index is 242. The molecule has 1 atom stereocenters. The lowest BCUT2D eigenvalue weighted by molar-refractivity contribution is 0.720. The highest BCUT2D eigenvalue weighted by Crippen LogP contribution is 2.15. The van der Waals surface area contributed by atoms with Crippen LogP contribution in [0, 0.1) is 3.57 Å². The smallest absolute Gasteiger partial charge is 0.0482 e. The van der Waals surface area contributed by atoms with Gasteiger partial charge in [0.05, 0.1) is 0 Å². The molecule has 0 fully saturated rings. The number of hydrogen-bond acceptors (Lipinski definition) is 1. The molecule has 0 saturated carbocycles. The van der Waals surface area contributed by atoms with Crippen LogP contribution in [0.25, 0.3) is 0 Å². The van der Waals surface area contributed by atoms with Crippen molar-refractivity contribution in [3.8, 4) is 0 Å². The molecule has 0 aliphatic carbocycles. The molecule has 0 spiro atoms. The van der Waals surface area contributed by atoms with Gasteiger partial charge in [-0.1, -0.05) is 6.08 Å². The Kier molecular flexibility index (Phi) is 3.14. The third-order valence-electron chi connectivity index (χ3n) is 1.49.